The van der Waals surface area contributed by atoms with Gasteiger partial charge in [-0.05, 0) is 87.0 Å². The van der Waals surface area contributed by atoms with Gasteiger partial charge in [-0.2, -0.15) is 0 Å². The predicted octanol–water partition coefficient (Wildman–Crippen LogP) is 4.96. The first-order valence-electron chi connectivity index (χ1n) is 10.7. The standard InChI is InChI=1S/C24H33NO2/c1-5-25(6-2)23(26)22-12-11-21-20-9-7-16-15-17(27-4)8-10-18(16)19(20)13-14-24(21,22)3/h8,10,12,15,19-21H,5-7,9,11,13-14H2,1-4H3/t19-,20-,21+,24+/m1/s1. The van der Waals surface area contributed by atoms with Crippen molar-refractivity contribution in [3.8, 4) is 5.75 Å². The zero-order chi connectivity index (χ0) is 19.2. The third kappa shape index (κ3) is 2.81. The Morgan fingerprint density at radius 2 is 2.04 bits per heavy atom. The van der Waals surface area contributed by atoms with Gasteiger partial charge < -0.3 is 9.64 Å². The molecule has 1 aromatic carbocycles. The molecule has 3 nitrogen and oxygen atoms in total. The molecule has 3 aliphatic carbocycles. The Labute approximate surface area is 163 Å². The maximum atomic E-state index is 13.1. The average Bonchev–Trinajstić information content (AvgIpc) is 3.05. The molecule has 4 rings (SSSR count). The summed E-state index contributed by atoms with van der Waals surface area (Å²) < 4.78 is 5.44. The lowest BCUT2D eigenvalue weighted by Gasteiger charge is -2.50. The maximum Gasteiger partial charge on any atom is 0.250 e. The average molecular weight is 368 g/mol. The summed E-state index contributed by atoms with van der Waals surface area (Å²) in [7, 11) is 1.75. The van der Waals surface area contributed by atoms with Crippen LogP contribution in [0.1, 0.15) is 63.5 Å². The number of ether oxygens (including phenoxy) is 1. The van der Waals surface area contributed by atoms with Crippen LogP contribution in [0.2, 0.25) is 0 Å². The lowest BCUT2D eigenvalue weighted by molar-refractivity contribution is -0.128. The Hall–Kier alpha value is -1.77. The van der Waals surface area contributed by atoms with Crippen LogP contribution in [0, 0.1) is 17.3 Å². The molecule has 3 heteroatoms. The van der Waals surface area contributed by atoms with E-state index in [1.54, 1.807) is 7.11 Å². The van der Waals surface area contributed by atoms with Crippen molar-refractivity contribution in [2.24, 2.45) is 17.3 Å². The number of nitrogens with zero attached hydrogens (tertiary/aromatic N) is 1. The highest BCUT2D eigenvalue weighted by atomic mass is 16.5. The molecular formula is C24H33NO2. The van der Waals surface area contributed by atoms with Gasteiger partial charge >= 0.3 is 0 Å². The van der Waals surface area contributed by atoms with E-state index in [-0.39, 0.29) is 11.3 Å². The minimum absolute atomic E-state index is 0.0603. The van der Waals surface area contributed by atoms with Crippen molar-refractivity contribution in [2.45, 2.75) is 58.8 Å². The quantitative estimate of drug-likeness (QED) is 0.753. The monoisotopic (exact) mass is 367 g/mol. The molecule has 0 radical (unpaired) electrons. The normalized spacial score (nSPS) is 31.4. The lowest BCUT2D eigenvalue weighted by atomic mass is 9.54. The number of fused-ring (bicyclic) bond motifs is 5. The topological polar surface area (TPSA) is 29.5 Å². The summed E-state index contributed by atoms with van der Waals surface area (Å²) in [6.45, 7) is 8.14. The van der Waals surface area contributed by atoms with Gasteiger partial charge in [0.15, 0.2) is 0 Å². The molecule has 0 N–H and O–H groups in total. The van der Waals surface area contributed by atoms with Gasteiger partial charge in [-0.1, -0.05) is 19.1 Å². The number of hydrogen-bond donors (Lipinski definition) is 0. The van der Waals surface area contributed by atoms with Crippen LogP contribution < -0.4 is 4.74 Å². The second-order valence-corrected chi connectivity index (χ2v) is 8.77. The molecule has 1 aromatic rings. The van der Waals surface area contributed by atoms with E-state index in [1.165, 1.54) is 24.0 Å². The smallest absolute Gasteiger partial charge is 0.250 e. The highest BCUT2D eigenvalue weighted by molar-refractivity contribution is 5.95. The first kappa shape index (κ1) is 18.6. The van der Waals surface area contributed by atoms with Gasteiger partial charge in [0.2, 0.25) is 5.91 Å². The zero-order valence-corrected chi connectivity index (χ0v) is 17.3. The van der Waals surface area contributed by atoms with Gasteiger partial charge in [0.25, 0.3) is 0 Å². The molecule has 4 atom stereocenters. The summed E-state index contributed by atoms with van der Waals surface area (Å²) in [5, 5.41) is 0. The summed E-state index contributed by atoms with van der Waals surface area (Å²) in [6.07, 6.45) is 8.07. The number of likely N-dealkylation sites (N-methyl/N-ethyl adjacent to an activating group) is 1. The van der Waals surface area contributed by atoms with Crippen LogP contribution in [0.5, 0.6) is 5.75 Å². The minimum atomic E-state index is 0.0603. The van der Waals surface area contributed by atoms with E-state index in [0.717, 1.165) is 43.7 Å². The number of methoxy groups -OCH3 is 1. The number of aryl methyl sites for hydroxylation is 1. The molecule has 146 valence electrons. The highest BCUT2D eigenvalue weighted by Gasteiger charge is 2.53. The summed E-state index contributed by atoms with van der Waals surface area (Å²) in [4.78, 5) is 15.1. The summed E-state index contributed by atoms with van der Waals surface area (Å²) >= 11 is 0. The molecule has 1 amide bonds. The van der Waals surface area contributed by atoms with Crippen LogP contribution in [0.3, 0.4) is 0 Å². The van der Waals surface area contributed by atoms with Crippen molar-refractivity contribution in [1.29, 1.82) is 0 Å². The maximum absolute atomic E-state index is 13.1. The van der Waals surface area contributed by atoms with Gasteiger partial charge in [-0.3, -0.25) is 4.79 Å². The molecule has 0 bridgehead atoms. The van der Waals surface area contributed by atoms with Crippen molar-refractivity contribution in [3.05, 3.63) is 41.0 Å². The number of rotatable bonds is 4. The molecule has 0 heterocycles. The van der Waals surface area contributed by atoms with Crippen LogP contribution >= 0.6 is 0 Å². The lowest BCUT2D eigenvalue weighted by Crippen LogP contribution is -2.44. The van der Waals surface area contributed by atoms with Crippen LogP contribution in [0.15, 0.2) is 29.8 Å². The van der Waals surface area contributed by atoms with Gasteiger partial charge in [0.05, 0.1) is 7.11 Å². The van der Waals surface area contributed by atoms with E-state index in [9.17, 15) is 4.79 Å². The molecule has 3 aliphatic rings. The van der Waals surface area contributed by atoms with Crippen molar-refractivity contribution in [3.63, 3.8) is 0 Å². The Morgan fingerprint density at radius 3 is 2.74 bits per heavy atom. The molecule has 1 fully saturated rings. The Balaban J connectivity index is 1.60. The number of carbonyl (C=O) groups excluding carboxylic acids is 1. The van der Waals surface area contributed by atoms with Crippen LogP contribution in [0.4, 0.5) is 0 Å². The second kappa shape index (κ2) is 7.00. The molecule has 0 saturated heterocycles. The van der Waals surface area contributed by atoms with Crippen LogP contribution in [-0.4, -0.2) is 31.0 Å². The molecule has 27 heavy (non-hydrogen) atoms. The van der Waals surface area contributed by atoms with Crippen molar-refractivity contribution in [1.82, 2.24) is 4.90 Å². The van der Waals surface area contributed by atoms with Crippen LogP contribution in [-0.2, 0) is 11.2 Å². The van der Waals surface area contributed by atoms with E-state index < -0.39 is 0 Å². The van der Waals surface area contributed by atoms with Gasteiger partial charge in [-0.25, -0.2) is 0 Å². The summed E-state index contributed by atoms with van der Waals surface area (Å²) in [6, 6.07) is 6.66. The fourth-order valence-electron chi connectivity index (χ4n) is 6.27. The molecule has 0 unspecified atom stereocenters. The van der Waals surface area contributed by atoms with Gasteiger partial charge in [0.1, 0.15) is 5.75 Å². The van der Waals surface area contributed by atoms with Crippen molar-refractivity contribution >= 4 is 5.91 Å². The first-order chi connectivity index (χ1) is 13.0. The Kier molecular flexibility index (Phi) is 4.82. The van der Waals surface area contributed by atoms with Crippen LogP contribution in [0.25, 0.3) is 0 Å². The fraction of sp³-hybridized carbons (Fsp3) is 0.625. The van der Waals surface area contributed by atoms with E-state index in [4.69, 9.17) is 4.74 Å². The van der Waals surface area contributed by atoms with Crippen molar-refractivity contribution < 1.29 is 9.53 Å². The van der Waals surface area contributed by atoms with E-state index in [0.29, 0.717) is 17.8 Å². The molecule has 1 saturated carbocycles. The highest BCUT2D eigenvalue weighted by Crippen LogP contribution is 2.61. The van der Waals surface area contributed by atoms with Gasteiger partial charge in [-0.15, -0.1) is 0 Å². The van der Waals surface area contributed by atoms with E-state index in [1.807, 2.05) is 4.90 Å². The Morgan fingerprint density at radius 1 is 1.26 bits per heavy atom. The fourth-order valence-corrected chi connectivity index (χ4v) is 6.27. The molecule has 0 aromatic heterocycles. The molecule has 0 aliphatic heterocycles. The number of allylic oxidation sites excluding steroid dienone is 1. The second-order valence-electron chi connectivity index (χ2n) is 8.77. The third-order valence-corrected chi connectivity index (χ3v) is 7.80. The van der Waals surface area contributed by atoms with Crippen molar-refractivity contribution in [2.75, 3.05) is 20.2 Å². The van der Waals surface area contributed by atoms with Gasteiger partial charge in [0, 0.05) is 24.1 Å². The number of benzene rings is 1. The largest absolute Gasteiger partial charge is 0.497 e. The minimum Gasteiger partial charge on any atom is -0.497 e. The summed E-state index contributed by atoms with van der Waals surface area (Å²) in [5.74, 6) is 3.21. The molecular weight excluding hydrogens is 334 g/mol. The van der Waals surface area contributed by atoms with E-state index >= 15 is 0 Å². The number of amides is 1. The third-order valence-electron chi connectivity index (χ3n) is 7.80. The number of hydrogen-bond acceptors (Lipinski definition) is 2. The summed E-state index contributed by atoms with van der Waals surface area (Å²) in [5.41, 5.74) is 4.18. The first-order valence-corrected chi connectivity index (χ1v) is 10.7. The Bertz CT molecular complexity index is 764. The number of carbonyl (C=O) groups is 1. The molecule has 0 spiro atoms. The van der Waals surface area contributed by atoms with E-state index in [2.05, 4.69) is 45.0 Å². The predicted molar refractivity (Wildman–Crippen MR) is 109 cm³/mol. The zero-order valence-electron chi connectivity index (χ0n) is 17.3. The SMILES string of the molecule is CCN(CC)C(=O)C1=CC[C@H]2[C@@H]3CCc4cc(OC)ccc4[C@H]3CC[C@]12C.